The third-order valence-electron chi connectivity index (χ3n) is 6.16. The molecule has 3 aromatic rings. The van der Waals surface area contributed by atoms with Crippen LogP contribution >= 0.6 is 35.0 Å². The fourth-order valence-electron chi connectivity index (χ4n) is 4.59. The van der Waals surface area contributed by atoms with Crippen molar-refractivity contribution in [3.05, 3.63) is 99.7 Å². The maximum absolute atomic E-state index is 13.4. The summed E-state index contributed by atoms with van der Waals surface area (Å²) in [6.45, 7) is 0. The smallest absolute Gasteiger partial charge is 0.253 e. The first kappa shape index (κ1) is 23.2. The van der Waals surface area contributed by atoms with E-state index in [9.17, 15) is 4.79 Å². The normalized spacial score (nSPS) is 20.8. The van der Waals surface area contributed by atoms with Crippen LogP contribution < -0.4 is 0 Å². The second kappa shape index (κ2) is 10.3. The Morgan fingerprint density at radius 3 is 2.47 bits per heavy atom. The van der Waals surface area contributed by atoms with Gasteiger partial charge in [0.05, 0.1) is 22.5 Å². The number of carbonyl (C=O) groups is 1. The topological polar surface area (TPSA) is 45.6 Å². The number of nitrogens with zero attached hydrogens (tertiary/aromatic N) is 3. The second-order valence-electron chi connectivity index (χ2n) is 8.40. The molecule has 5 rings (SSSR count). The molecule has 34 heavy (non-hydrogen) atoms. The van der Waals surface area contributed by atoms with Crippen molar-refractivity contribution in [3.63, 3.8) is 0 Å². The highest BCUT2D eigenvalue weighted by molar-refractivity contribution is 7.99. The summed E-state index contributed by atoms with van der Waals surface area (Å²) in [6.07, 6.45) is 6.90. The molecule has 1 amide bonds. The first-order chi connectivity index (χ1) is 16.6. The summed E-state index contributed by atoms with van der Waals surface area (Å²) in [5.41, 5.74) is 4.33. The Kier molecular flexibility index (Phi) is 7.05. The molecule has 0 radical (unpaired) electrons. The van der Waals surface area contributed by atoms with Gasteiger partial charge in [-0.25, -0.2) is 9.99 Å². The van der Waals surface area contributed by atoms with Crippen molar-refractivity contribution < 1.29 is 4.79 Å². The van der Waals surface area contributed by atoms with Crippen molar-refractivity contribution in [2.75, 3.05) is 5.75 Å². The van der Waals surface area contributed by atoms with Crippen molar-refractivity contribution in [2.24, 2.45) is 11.0 Å². The largest absolute Gasteiger partial charge is 0.272 e. The third-order valence-corrected chi connectivity index (χ3v) is 7.59. The molecule has 1 fully saturated rings. The molecule has 0 N–H and O–H groups in total. The van der Waals surface area contributed by atoms with E-state index in [0.29, 0.717) is 10.0 Å². The zero-order valence-corrected chi connectivity index (χ0v) is 20.7. The van der Waals surface area contributed by atoms with E-state index in [-0.39, 0.29) is 23.6 Å². The van der Waals surface area contributed by atoms with Crippen LogP contribution in [-0.2, 0) is 4.79 Å². The molecule has 0 spiro atoms. The van der Waals surface area contributed by atoms with Gasteiger partial charge in [0, 0.05) is 22.2 Å². The van der Waals surface area contributed by atoms with Gasteiger partial charge in [0.2, 0.25) is 0 Å². The predicted octanol–water partition coefficient (Wildman–Crippen LogP) is 7.30. The van der Waals surface area contributed by atoms with Gasteiger partial charge in [-0.15, -0.1) is 0 Å². The van der Waals surface area contributed by atoms with E-state index < -0.39 is 0 Å². The minimum atomic E-state index is -0.141. The highest BCUT2D eigenvalue weighted by atomic mass is 35.5. The van der Waals surface area contributed by atoms with Gasteiger partial charge in [0.15, 0.2) is 0 Å². The van der Waals surface area contributed by atoms with Gasteiger partial charge >= 0.3 is 0 Å². The molecule has 7 heteroatoms. The van der Waals surface area contributed by atoms with Crippen LogP contribution in [-0.4, -0.2) is 27.4 Å². The number of hydrogen-bond acceptors (Lipinski definition) is 4. The number of aromatic nitrogens is 1. The summed E-state index contributed by atoms with van der Waals surface area (Å²) in [7, 11) is 0. The summed E-state index contributed by atoms with van der Waals surface area (Å²) >= 11 is 13.7. The maximum atomic E-state index is 13.4. The number of pyridine rings is 1. The van der Waals surface area contributed by atoms with Crippen LogP contribution in [0.1, 0.15) is 36.4 Å². The SMILES string of the molecule is O=C(CSc1ccccn1)N1N=C2/C(=C\c3ccc(Cl)cc3)CCC[C@H]2[C@H]1c1ccc(Cl)cc1. The van der Waals surface area contributed by atoms with Crippen LogP contribution in [0, 0.1) is 5.92 Å². The molecule has 172 valence electrons. The molecule has 2 heterocycles. The lowest BCUT2D eigenvalue weighted by atomic mass is 9.77. The maximum Gasteiger partial charge on any atom is 0.253 e. The molecule has 0 saturated heterocycles. The fraction of sp³-hybridized carbons (Fsp3) is 0.222. The van der Waals surface area contributed by atoms with Crippen molar-refractivity contribution in [1.82, 2.24) is 9.99 Å². The molecular formula is C27H23Cl2N3OS. The van der Waals surface area contributed by atoms with Crippen LogP contribution in [0.4, 0.5) is 0 Å². The van der Waals surface area contributed by atoms with Crippen molar-refractivity contribution >= 4 is 52.7 Å². The monoisotopic (exact) mass is 507 g/mol. The number of hydrogen-bond donors (Lipinski definition) is 0. The summed E-state index contributed by atoms with van der Waals surface area (Å²) in [4.78, 5) is 17.7. The average Bonchev–Trinajstić information content (AvgIpc) is 3.26. The lowest BCUT2D eigenvalue weighted by Crippen LogP contribution is -2.32. The van der Waals surface area contributed by atoms with Crippen LogP contribution in [0.15, 0.2) is 88.6 Å². The summed E-state index contributed by atoms with van der Waals surface area (Å²) < 4.78 is 0. The molecule has 0 bridgehead atoms. The van der Waals surface area contributed by atoms with Crippen LogP contribution in [0.5, 0.6) is 0 Å². The molecular weight excluding hydrogens is 485 g/mol. The summed E-state index contributed by atoms with van der Waals surface area (Å²) in [5.74, 6) is 0.404. The van der Waals surface area contributed by atoms with Gasteiger partial charge in [0.1, 0.15) is 0 Å². The van der Waals surface area contributed by atoms with Crippen molar-refractivity contribution in [3.8, 4) is 0 Å². The van der Waals surface area contributed by atoms with Gasteiger partial charge in [-0.2, -0.15) is 5.10 Å². The molecule has 2 aliphatic rings. The fourth-order valence-corrected chi connectivity index (χ4v) is 5.56. The predicted molar refractivity (Wildman–Crippen MR) is 140 cm³/mol. The summed E-state index contributed by atoms with van der Waals surface area (Å²) in [6, 6.07) is 21.2. The molecule has 1 aliphatic heterocycles. The Balaban J connectivity index is 1.47. The van der Waals surface area contributed by atoms with Gasteiger partial charge < -0.3 is 0 Å². The van der Waals surface area contributed by atoms with E-state index in [4.69, 9.17) is 28.3 Å². The molecule has 0 unspecified atom stereocenters. The van der Waals surface area contributed by atoms with Crippen molar-refractivity contribution in [2.45, 2.75) is 30.3 Å². The first-order valence-corrected chi connectivity index (χ1v) is 13.0. The van der Waals surface area contributed by atoms with E-state index in [1.807, 2.05) is 66.7 Å². The van der Waals surface area contributed by atoms with Crippen LogP contribution in [0.3, 0.4) is 0 Å². The van der Waals surface area contributed by atoms with Gasteiger partial charge in [-0.3, -0.25) is 4.79 Å². The van der Waals surface area contributed by atoms with Gasteiger partial charge in [-0.1, -0.05) is 65.3 Å². The van der Waals surface area contributed by atoms with E-state index in [0.717, 1.165) is 41.1 Å². The zero-order chi connectivity index (χ0) is 23.5. The lowest BCUT2D eigenvalue weighted by molar-refractivity contribution is -0.130. The summed E-state index contributed by atoms with van der Waals surface area (Å²) in [5, 5.41) is 8.85. The minimum Gasteiger partial charge on any atom is -0.272 e. The molecule has 1 aliphatic carbocycles. The Morgan fingerprint density at radius 2 is 1.76 bits per heavy atom. The van der Waals surface area contributed by atoms with E-state index in [1.54, 1.807) is 11.2 Å². The molecule has 1 saturated carbocycles. The third kappa shape index (κ3) is 5.07. The standard InChI is InChI=1S/C27H23Cl2N3OS/c28-21-11-7-18(8-12-21)16-20-4-3-5-23-26(20)31-32(27(23)19-9-13-22(29)14-10-19)25(33)17-34-24-6-1-2-15-30-24/h1-2,6-16,23,27H,3-5,17H2/b20-16-/t23-,27-/m1/s1. The van der Waals surface area contributed by atoms with E-state index in [2.05, 4.69) is 11.1 Å². The number of fused-ring (bicyclic) bond motifs is 1. The number of amides is 1. The first-order valence-electron chi connectivity index (χ1n) is 11.2. The van der Waals surface area contributed by atoms with Crippen LogP contribution in [0.25, 0.3) is 6.08 Å². The number of benzene rings is 2. The zero-order valence-electron chi connectivity index (χ0n) is 18.4. The Labute approximate surface area is 213 Å². The number of thioether (sulfide) groups is 1. The Morgan fingerprint density at radius 1 is 1.03 bits per heavy atom. The highest BCUT2D eigenvalue weighted by Crippen LogP contribution is 2.44. The quantitative estimate of drug-likeness (QED) is 0.340. The van der Waals surface area contributed by atoms with Gasteiger partial charge in [0.25, 0.3) is 5.91 Å². The number of halogens is 2. The molecule has 1 aromatic heterocycles. The van der Waals surface area contributed by atoms with E-state index in [1.165, 1.54) is 17.3 Å². The van der Waals surface area contributed by atoms with Crippen LogP contribution in [0.2, 0.25) is 10.0 Å². The number of hydrazone groups is 1. The Hall–Kier alpha value is -2.60. The minimum absolute atomic E-state index is 0.0247. The Bertz CT molecular complexity index is 1230. The number of carbonyl (C=O) groups excluding carboxylic acids is 1. The number of rotatable bonds is 5. The lowest BCUT2D eigenvalue weighted by Gasteiger charge is -2.29. The number of allylic oxidation sites excluding steroid dienone is 1. The van der Waals surface area contributed by atoms with Crippen molar-refractivity contribution in [1.29, 1.82) is 0 Å². The molecule has 4 nitrogen and oxygen atoms in total. The second-order valence-corrected chi connectivity index (χ2v) is 10.3. The molecule has 2 atom stereocenters. The average molecular weight is 508 g/mol. The highest BCUT2D eigenvalue weighted by Gasteiger charge is 2.43. The van der Waals surface area contributed by atoms with Gasteiger partial charge in [-0.05, 0) is 78.4 Å². The molecule has 2 aromatic carbocycles. The van der Waals surface area contributed by atoms with E-state index >= 15 is 0 Å².